The second kappa shape index (κ2) is 6.45. The molecule has 0 aliphatic carbocycles. The zero-order valence-corrected chi connectivity index (χ0v) is 11.2. The molecular weight excluding hydrogens is 214 g/mol. The Morgan fingerprint density at radius 2 is 2.06 bits per heavy atom. The number of aromatic nitrogens is 1. The molecule has 1 aromatic rings. The molecule has 17 heavy (non-hydrogen) atoms. The summed E-state index contributed by atoms with van der Waals surface area (Å²) in [6, 6.07) is 4.19. The van der Waals surface area contributed by atoms with E-state index in [4.69, 9.17) is 10.5 Å². The van der Waals surface area contributed by atoms with Gasteiger partial charge in [0.05, 0.1) is 6.10 Å². The van der Waals surface area contributed by atoms with Crippen molar-refractivity contribution < 1.29 is 4.74 Å². The van der Waals surface area contributed by atoms with Crippen LogP contribution in [0.4, 0.5) is 5.82 Å². The molecule has 2 N–H and O–H groups in total. The molecule has 1 heterocycles. The summed E-state index contributed by atoms with van der Waals surface area (Å²) < 4.78 is 5.78. The van der Waals surface area contributed by atoms with Crippen LogP contribution in [0.1, 0.15) is 27.7 Å². The van der Waals surface area contributed by atoms with Crippen LogP contribution in [0, 0.1) is 0 Å². The molecule has 0 aromatic carbocycles. The maximum absolute atomic E-state index is 5.78. The Bertz CT molecular complexity index is 339. The lowest BCUT2D eigenvalue weighted by molar-refractivity contribution is 0.241. The van der Waals surface area contributed by atoms with Gasteiger partial charge in [-0.3, -0.25) is 0 Å². The van der Waals surface area contributed by atoms with Crippen LogP contribution >= 0.6 is 0 Å². The summed E-state index contributed by atoms with van der Waals surface area (Å²) in [5.74, 6) is 1.70. The number of ether oxygens (including phenoxy) is 1. The Kier molecular flexibility index (Phi) is 5.22. The fourth-order valence-corrected chi connectivity index (χ4v) is 1.69. The summed E-state index contributed by atoms with van der Waals surface area (Å²) in [7, 11) is 0. The van der Waals surface area contributed by atoms with Crippen LogP contribution in [0.3, 0.4) is 0 Å². The van der Waals surface area contributed by atoms with Gasteiger partial charge >= 0.3 is 0 Å². The summed E-state index contributed by atoms with van der Waals surface area (Å²) >= 11 is 0. The molecule has 0 fully saturated rings. The lowest BCUT2D eigenvalue weighted by Crippen LogP contribution is -2.36. The first-order chi connectivity index (χ1) is 8.06. The molecule has 0 aliphatic heterocycles. The van der Waals surface area contributed by atoms with Gasteiger partial charge < -0.3 is 15.4 Å². The Hall–Kier alpha value is -1.29. The molecule has 1 rings (SSSR count). The van der Waals surface area contributed by atoms with Crippen LogP contribution in [-0.2, 0) is 0 Å². The molecule has 0 bridgehead atoms. The fourth-order valence-electron chi connectivity index (χ4n) is 1.69. The molecule has 4 heteroatoms. The first-order valence-corrected chi connectivity index (χ1v) is 6.14. The highest BCUT2D eigenvalue weighted by Gasteiger charge is 2.16. The Morgan fingerprint density at radius 1 is 1.35 bits per heavy atom. The third-order valence-electron chi connectivity index (χ3n) is 2.38. The third kappa shape index (κ3) is 3.89. The zero-order valence-electron chi connectivity index (χ0n) is 11.2. The minimum Gasteiger partial charge on any atom is -0.487 e. The number of anilines is 1. The van der Waals surface area contributed by atoms with Gasteiger partial charge in [0, 0.05) is 25.3 Å². The van der Waals surface area contributed by atoms with Crippen LogP contribution in [0.25, 0.3) is 0 Å². The van der Waals surface area contributed by atoms with Gasteiger partial charge in [0.25, 0.3) is 0 Å². The molecule has 0 saturated heterocycles. The summed E-state index contributed by atoms with van der Waals surface area (Å²) in [5, 5.41) is 0. The lowest BCUT2D eigenvalue weighted by atomic mass is 10.3. The van der Waals surface area contributed by atoms with Gasteiger partial charge in [-0.1, -0.05) is 0 Å². The molecule has 0 spiro atoms. The zero-order chi connectivity index (χ0) is 12.8. The van der Waals surface area contributed by atoms with Crippen LogP contribution in [0.15, 0.2) is 18.3 Å². The number of rotatable bonds is 6. The molecular formula is C13H23N3O. The second-order valence-corrected chi connectivity index (χ2v) is 4.57. The topological polar surface area (TPSA) is 51.4 Å². The van der Waals surface area contributed by atoms with Gasteiger partial charge in [-0.2, -0.15) is 0 Å². The highest BCUT2D eigenvalue weighted by Crippen LogP contribution is 2.27. The summed E-state index contributed by atoms with van der Waals surface area (Å²) in [4.78, 5) is 6.58. The monoisotopic (exact) mass is 237 g/mol. The predicted molar refractivity (Wildman–Crippen MR) is 71.5 cm³/mol. The maximum Gasteiger partial charge on any atom is 0.171 e. The Labute approximate surface area is 104 Å². The molecule has 0 atom stereocenters. The standard InChI is InChI=1S/C13H23N3O/c1-10(2)16(9-7-14)13-12(17-11(3)4)6-5-8-15-13/h5-6,8,10-11H,7,9,14H2,1-4H3. The van der Waals surface area contributed by atoms with Crippen LogP contribution in [0.2, 0.25) is 0 Å². The van der Waals surface area contributed by atoms with Crippen molar-refractivity contribution in [2.24, 2.45) is 5.73 Å². The van der Waals surface area contributed by atoms with E-state index in [1.807, 2.05) is 26.0 Å². The Morgan fingerprint density at radius 3 is 2.59 bits per heavy atom. The van der Waals surface area contributed by atoms with Crippen molar-refractivity contribution in [3.05, 3.63) is 18.3 Å². The number of pyridine rings is 1. The predicted octanol–water partition coefficient (Wildman–Crippen LogP) is 2.04. The average molecular weight is 237 g/mol. The molecule has 0 aliphatic rings. The van der Waals surface area contributed by atoms with E-state index >= 15 is 0 Å². The van der Waals surface area contributed by atoms with Crippen molar-refractivity contribution in [3.8, 4) is 5.75 Å². The molecule has 0 amide bonds. The van der Waals surface area contributed by atoms with E-state index in [0.717, 1.165) is 18.1 Å². The second-order valence-electron chi connectivity index (χ2n) is 4.57. The number of hydrogen-bond donors (Lipinski definition) is 1. The van der Waals surface area contributed by atoms with Gasteiger partial charge in [-0.05, 0) is 39.8 Å². The fraction of sp³-hybridized carbons (Fsp3) is 0.615. The summed E-state index contributed by atoms with van der Waals surface area (Å²) in [6.45, 7) is 9.67. The SMILES string of the molecule is CC(C)Oc1cccnc1N(CCN)C(C)C. The van der Waals surface area contributed by atoms with Crippen molar-refractivity contribution in [1.29, 1.82) is 0 Å². The van der Waals surface area contributed by atoms with Crippen molar-refractivity contribution in [1.82, 2.24) is 4.98 Å². The van der Waals surface area contributed by atoms with E-state index in [1.54, 1.807) is 6.20 Å². The first-order valence-electron chi connectivity index (χ1n) is 6.14. The van der Waals surface area contributed by atoms with E-state index < -0.39 is 0 Å². The van der Waals surface area contributed by atoms with Gasteiger partial charge in [-0.15, -0.1) is 0 Å². The van der Waals surface area contributed by atoms with E-state index in [0.29, 0.717) is 12.6 Å². The lowest BCUT2D eigenvalue weighted by Gasteiger charge is -2.29. The van der Waals surface area contributed by atoms with E-state index in [2.05, 4.69) is 23.7 Å². The quantitative estimate of drug-likeness (QED) is 0.822. The summed E-state index contributed by atoms with van der Waals surface area (Å²) in [6.07, 6.45) is 1.93. The van der Waals surface area contributed by atoms with Crippen LogP contribution in [-0.4, -0.2) is 30.2 Å². The van der Waals surface area contributed by atoms with Gasteiger partial charge in [0.1, 0.15) is 0 Å². The van der Waals surface area contributed by atoms with E-state index in [-0.39, 0.29) is 6.10 Å². The normalized spacial score (nSPS) is 11.0. The van der Waals surface area contributed by atoms with Gasteiger partial charge in [-0.25, -0.2) is 4.98 Å². The minimum atomic E-state index is 0.143. The largest absolute Gasteiger partial charge is 0.487 e. The van der Waals surface area contributed by atoms with E-state index in [9.17, 15) is 0 Å². The maximum atomic E-state index is 5.78. The first kappa shape index (κ1) is 13.8. The van der Waals surface area contributed by atoms with Crippen molar-refractivity contribution in [3.63, 3.8) is 0 Å². The van der Waals surface area contributed by atoms with E-state index in [1.165, 1.54) is 0 Å². The number of hydrogen-bond acceptors (Lipinski definition) is 4. The summed E-state index contributed by atoms with van der Waals surface area (Å²) in [5.41, 5.74) is 5.65. The van der Waals surface area contributed by atoms with Gasteiger partial charge in [0.2, 0.25) is 0 Å². The van der Waals surface area contributed by atoms with Gasteiger partial charge in [0.15, 0.2) is 11.6 Å². The molecule has 4 nitrogen and oxygen atoms in total. The smallest absolute Gasteiger partial charge is 0.171 e. The average Bonchev–Trinajstić information content (AvgIpc) is 2.26. The molecule has 96 valence electrons. The Balaban J connectivity index is 3.00. The van der Waals surface area contributed by atoms with Crippen LogP contribution in [0.5, 0.6) is 5.75 Å². The van der Waals surface area contributed by atoms with Crippen molar-refractivity contribution in [2.75, 3.05) is 18.0 Å². The molecule has 0 radical (unpaired) electrons. The molecule has 0 saturated carbocycles. The van der Waals surface area contributed by atoms with Crippen LogP contribution < -0.4 is 15.4 Å². The minimum absolute atomic E-state index is 0.143. The molecule has 0 unspecified atom stereocenters. The number of nitrogens with zero attached hydrogens (tertiary/aromatic N) is 2. The molecule has 1 aromatic heterocycles. The third-order valence-corrected chi connectivity index (χ3v) is 2.38. The highest BCUT2D eigenvalue weighted by atomic mass is 16.5. The van der Waals surface area contributed by atoms with Crippen molar-refractivity contribution in [2.45, 2.75) is 39.8 Å². The highest BCUT2D eigenvalue weighted by molar-refractivity contribution is 5.52. The number of nitrogens with two attached hydrogens (primary N) is 1. The van der Waals surface area contributed by atoms with Crippen molar-refractivity contribution >= 4 is 5.82 Å².